The van der Waals surface area contributed by atoms with Crippen molar-refractivity contribution in [3.63, 3.8) is 0 Å². The molecule has 0 heterocycles. The van der Waals surface area contributed by atoms with Crippen LogP contribution in [0.25, 0.3) is 21.9 Å². The van der Waals surface area contributed by atoms with E-state index in [9.17, 15) is 13.2 Å². The number of aryl methyl sites for hydroxylation is 3. The van der Waals surface area contributed by atoms with Crippen molar-refractivity contribution in [2.75, 3.05) is 0 Å². The molecule has 0 spiro atoms. The fourth-order valence-electron chi connectivity index (χ4n) is 4.10. The molecule has 0 amide bonds. The van der Waals surface area contributed by atoms with Crippen molar-refractivity contribution >= 4 is 10.8 Å². The quantitative estimate of drug-likeness (QED) is 0.247. The number of hydrogen-bond acceptors (Lipinski definition) is 0. The van der Waals surface area contributed by atoms with Gasteiger partial charge < -0.3 is 0 Å². The van der Waals surface area contributed by atoms with Crippen LogP contribution in [0.1, 0.15) is 42.0 Å². The van der Waals surface area contributed by atoms with E-state index in [1.54, 1.807) is 12.1 Å². The Morgan fingerprint density at radius 2 is 1.27 bits per heavy atom. The Morgan fingerprint density at radius 1 is 0.667 bits per heavy atom. The lowest BCUT2D eigenvalue weighted by Gasteiger charge is -2.11. The summed E-state index contributed by atoms with van der Waals surface area (Å²) < 4.78 is 53.6. The first-order valence-electron chi connectivity index (χ1n) is 11.3. The monoisotopic (exact) mass is 450 g/mol. The molecule has 0 saturated carbocycles. The van der Waals surface area contributed by atoms with E-state index >= 15 is 4.39 Å². The van der Waals surface area contributed by atoms with Crippen LogP contribution in [0.5, 0.6) is 0 Å². The standard InChI is InChI=1S/C29H26F4/c1-2-3-4-20-5-7-21(8-6-20)9-10-22-11-17-27-24(19-22)14-18-26(28(27)30)23-12-15-25(16-13-23)29(31,32)33/h5-8,11-19H,2-4,9-10H2,1H3. The molecule has 0 aromatic heterocycles. The molecule has 0 fully saturated rings. The van der Waals surface area contributed by atoms with Gasteiger partial charge in [0.2, 0.25) is 0 Å². The third kappa shape index (κ3) is 5.44. The smallest absolute Gasteiger partial charge is 0.206 e. The van der Waals surface area contributed by atoms with E-state index in [1.807, 2.05) is 18.2 Å². The van der Waals surface area contributed by atoms with Gasteiger partial charge in [-0.25, -0.2) is 4.39 Å². The lowest BCUT2D eigenvalue weighted by Crippen LogP contribution is -2.04. The Hall–Kier alpha value is -3.14. The fourth-order valence-corrected chi connectivity index (χ4v) is 4.10. The Labute approximate surface area is 191 Å². The first kappa shape index (κ1) is 23.0. The molecule has 4 aromatic rings. The number of benzene rings is 4. The number of halogens is 4. The second-order valence-electron chi connectivity index (χ2n) is 8.48. The van der Waals surface area contributed by atoms with Gasteiger partial charge in [0.05, 0.1) is 5.56 Å². The first-order chi connectivity index (χ1) is 15.8. The molecule has 0 N–H and O–H groups in total. The highest BCUT2D eigenvalue weighted by molar-refractivity contribution is 5.88. The second-order valence-corrected chi connectivity index (χ2v) is 8.48. The van der Waals surface area contributed by atoms with Crippen LogP contribution < -0.4 is 0 Å². The molecule has 170 valence electrons. The van der Waals surface area contributed by atoms with E-state index in [1.165, 1.54) is 36.1 Å². The minimum Gasteiger partial charge on any atom is -0.206 e. The largest absolute Gasteiger partial charge is 0.416 e. The fraction of sp³-hybridized carbons (Fsp3) is 0.241. The number of unbranched alkanes of at least 4 members (excludes halogenated alkanes) is 1. The number of hydrogen-bond donors (Lipinski definition) is 0. The maximum absolute atomic E-state index is 15.2. The number of alkyl halides is 3. The number of fused-ring (bicyclic) bond motifs is 1. The molecule has 0 unspecified atom stereocenters. The summed E-state index contributed by atoms with van der Waals surface area (Å²) in [4.78, 5) is 0. The van der Waals surface area contributed by atoms with Gasteiger partial charge in [0.15, 0.2) is 0 Å². The molecule has 0 aliphatic rings. The van der Waals surface area contributed by atoms with Gasteiger partial charge in [-0.05, 0) is 65.5 Å². The lowest BCUT2D eigenvalue weighted by atomic mass is 9.96. The summed E-state index contributed by atoms with van der Waals surface area (Å²) in [5.41, 5.74) is 3.75. The van der Waals surface area contributed by atoms with E-state index in [0.29, 0.717) is 16.5 Å². The zero-order valence-corrected chi connectivity index (χ0v) is 18.6. The number of rotatable bonds is 7. The van der Waals surface area contributed by atoms with E-state index in [0.717, 1.165) is 42.3 Å². The second kappa shape index (κ2) is 9.78. The average molecular weight is 451 g/mol. The topological polar surface area (TPSA) is 0 Å². The summed E-state index contributed by atoms with van der Waals surface area (Å²) in [5, 5.41) is 1.26. The van der Waals surface area contributed by atoms with Gasteiger partial charge in [0.1, 0.15) is 5.82 Å². The molecule has 0 aliphatic carbocycles. The van der Waals surface area contributed by atoms with Gasteiger partial charge in [-0.1, -0.05) is 80.1 Å². The third-order valence-electron chi connectivity index (χ3n) is 6.09. The molecule has 0 bridgehead atoms. The van der Waals surface area contributed by atoms with Crippen LogP contribution in [0.15, 0.2) is 78.9 Å². The van der Waals surface area contributed by atoms with Crippen LogP contribution in [0, 0.1) is 5.82 Å². The van der Waals surface area contributed by atoms with Crippen molar-refractivity contribution in [2.24, 2.45) is 0 Å². The highest BCUT2D eigenvalue weighted by atomic mass is 19.4. The molecule has 0 atom stereocenters. The van der Waals surface area contributed by atoms with Crippen LogP contribution in [0.4, 0.5) is 17.6 Å². The molecule has 0 aliphatic heterocycles. The van der Waals surface area contributed by atoms with Crippen molar-refractivity contribution in [3.8, 4) is 11.1 Å². The summed E-state index contributed by atoms with van der Waals surface area (Å²) in [6.45, 7) is 2.19. The van der Waals surface area contributed by atoms with Crippen molar-refractivity contribution in [3.05, 3.63) is 107 Å². The van der Waals surface area contributed by atoms with Gasteiger partial charge in [-0.3, -0.25) is 0 Å². The molecule has 0 saturated heterocycles. The summed E-state index contributed by atoms with van der Waals surface area (Å²) >= 11 is 0. The lowest BCUT2D eigenvalue weighted by molar-refractivity contribution is -0.137. The molecular formula is C29H26F4. The predicted molar refractivity (Wildman–Crippen MR) is 127 cm³/mol. The summed E-state index contributed by atoms with van der Waals surface area (Å²) in [7, 11) is 0. The maximum Gasteiger partial charge on any atom is 0.416 e. The van der Waals surface area contributed by atoms with Crippen LogP contribution in [0.2, 0.25) is 0 Å². The summed E-state index contributed by atoms with van der Waals surface area (Å²) in [6, 6.07) is 22.5. The van der Waals surface area contributed by atoms with Crippen LogP contribution in [-0.4, -0.2) is 0 Å². The highest BCUT2D eigenvalue weighted by Crippen LogP contribution is 2.33. The molecule has 33 heavy (non-hydrogen) atoms. The van der Waals surface area contributed by atoms with E-state index in [2.05, 4.69) is 31.2 Å². The summed E-state index contributed by atoms with van der Waals surface area (Å²) in [6.07, 6.45) is 0.858. The van der Waals surface area contributed by atoms with Gasteiger partial charge >= 0.3 is 6.18 Å². The average Bonchev–Trinajstić information content (AvgIpc) is 2.82. The molecule has 4 heteroatoms. The van der Waals surface area contributed by atoms with Crippen molar-refractivity contribution < 1.29 is 17.6 Å². The van der Waals surface area contributed by atoms with Gasteiger partial charge in [0.25, 0.3) is 0 Å². The van der Waals surface area contributed by atoms with Crippen molar-refractivity contribution in [2.45, 2.75) is 45.2 Å². The van der Waals surface area contributed by atoms with Crippen LogP contribution in [-0.2, 0) is 25.4 Å². The minimum atomic E-state index is -4.41. The Kier molecular flexibility index (Phi) is 6.83. The minimum absolute atomic E-state index is 0.298. The van der Waals surface area contributed by atoms with E-state index in [-0.39, 0.29) is 0 Å². The van der Waals surface area contributed by atoms with Gasteiger partial charge in [0, 0.05) is 10.9 Å². The molecule has 0 radical (unpaired) electrons. The summed E-state index contributed by atoms with van der Waals surface area (Å²) in [5.74, 6) is -0.415. The Bertz CT molecular complexity index is 1220. The van der Waals surface area contributed by atoms with Gasteiger partial charge in [-0.15, -0.1) is 0 Å². The third-order valence-corrected chi connectivity index (χ3v) is 6.09. The molecule has 4 aromatic carbocycles. The zero-order chi connectivity index (χ0) is 23.4. The van der Waals surface area contributed by atoms with E-state index < -0.39 is 17.6 Å². The Morgan fingerprint density at radius 3 is 1.91 bits per heavy atom. The van der Waals surface area contributed by atoms with Crippen molar-refractivity contribution in [1.82, 2.24) is 0 Å². The van der Waals surface area contributed by atoms with Crippen LogP contribution >= 0.6 is 0 Å². The van der Waals surface area contributed by atoms with Gasteiger partial charge in [-0.2, -0.15) is 13.2 Å². The predicted octanol–water partition coefficient (Wildman–Crippen LogP) is 8.79. The zero-order valence-electron chi connectivity index (χ0n) is 18.6. The maximum atomic E-state index is 15.2. The highest BCUT2D eigenvalue weighted by Gasteiger charge is 2.30. The SMILES string of the molecule is CCCCc1ccc(CCc2ccc3c(F)c(-c4ccc(C(F)(F)F)cc4)ccc3c2)cc1. The van der Waals surface area contributed by atoms with Crippen LogP contribution in [0.3, 0.4) is 0 Å². The molecule has 4 rings (SSSR count). The molecular weight excluding hydrogens is 424 g/mol. The first-order valence-corrected chi connectivity index (χ1v) is 11.3. The Balaban J connectivity index is 1.49. The van der Waals surface area contributed by atoms with E-state index in [4.69, 9.17) is 0 Å². The molecule has 0 nitrogen and oxygen atoms in total. The normalized spacial score (nSPS) is 11.8. The van der Waals surface area contributed by atoms with Crippen molar-refractivity contribution in [1.29, 1.82) is 0 Å².